The monoisotopic (exact) mass is 488 g/mol. The highest BCUT2D eigenvalue weighted by molar-refractivity contribution is 5.93. The lowest BCUT2D eigenvalue weighted by Crippen LogP contribution is -2.54. The summed E-state index contributed by atoms with van der Waals surface area (Å²) in [7, 11) is 0. The summed E-state index contributed by atoms with van der Waals surface area (Å²) in [6.45, 7) is 4.38. The summed E-state index contributed by atoms with van der Waals surface area (Å²) in [5, 5.41) is 27.5. The molecule has 10 N–H and O–H groups in total. The van der Waals surface area contributed by atoms with Crippen LogP contribution in [0.3, 0.4) is 0 Å². The van der Waals surface area contributed by atoms with Gasteiger partial charge in [-0.25, -0.2) is 4.79 Å². The van der Waals surface area contributed by atoms with Crippen LogP contribution in [-0.4, -0.2) is 82.5 Å². The van der Waals surface area contributed by atoms with Gasteiger partial charge in [0.25, 0.3) is 0 Å². The number of amides is 4. The van der Waals surface area contributed by atoms with Gasteiger partial charge in [-0.15, -0.1) is 0 Å². The zero-order chi connectivity index (χ0) is 26.4. The predicted molar refractivity (Wildman–Crippen MR) is 120 cm³/mol. The molecule has 0 aliphatic heterocycles. The molecular weight excluding hydrogens is 452 g/mol. The number of rotatable bonds is 16. The zero-order valence-electron chi connectivity index (χ0n) is 19.6. The fraction of sp³-hybridized carbons (Fsp3) is 0.700. The minimum absolute atomic E-state index is 0.207. The number of carboxylic acids is 2. The van der Waals surface area contributed by atoms with Crippen molar-refractivity contribution >= 4 is 35.6 Å². The third-order valence-electron chi connectivity index (χ3n) is 4.77. The number of nitrogens with one attached hydrogen (secondary N) is 4. The van der Waals surface area contributed by atoms with Crippen molar-refractivity contribution in [1.29, 1.82) is 0 Å². The normalized spacial score (nSPS) is 15.1. The Hall–Kier alpha value is -3.26. The van der Waals surface area contributed by atoms with E-state index >= 15 is 0 Å². The minimum atomic E-state index is -1.34. The Balaban J connectivity index is 5.05. The van der Waals surface area contributed by atoms with E-state index in [9.17, 15) is 33.9 Å². The third-order valence-corrected chi connectivity index (χ3v) is 4.77. The Morgan fingerprint density at radius 3 is 1.79 bits per heavy atom. The Morgan fingerprint density at radius 1 is 0.706 bits per heavy atom. The number of hydrogen-bond donors (Lipinski definition) is 8. The summed E-state index contributed by atoms with van der Waals surface area (Å²) in [4.78, 5) is 71.0. The minimum Gasteiger partial charge on any atom is -0.480 e. The van der Waals surface area contributed by atoms with Crippen LogP contribution in [0.1, 0.15) is 52.9 Å². The van der Waals surface area contributed by atoms with Crippen molar-refractivity contribution in [1.82, 2.24) is 21.3 Å². The van der Waals surface area contributed by atoms with Crippen molar-refractivity contribution in [2.45, 2.75) is 83.1 Å². The quantitative estimate of drug-likeness (QED) is 0.105. The van der Waals surface area contributed by atoms with Crippen molar-refractivity contribution in [3.63, 3.8) is 0 Å². The second-order valence-electron chi connectivity index (χ2n) is 7.93. The van der Waals surface area contributed by atoms with Crippen LogP contribution in [-0.2, 0) is 28.8 Å². The molecule has 34 heavy (non-hydrogen) atoms. The van der Waals surface area contributed by atoms with Gasteiger partial charge in [-0.3, -0.25) is 24.0 Å². The van der Waals surface area contributed by atoms with E-state index in [1.807, 2.05) is 0 Å². The highest BCUT2D eigenvalue weighted by Crippen LogP contribution is 2.05. The van der Waals surface area contributed by atoms with E-state index < -0.39 is 65.8 Å². The molecule has 0 aliphatic carbocycles. The van der Waals surface area contributed by atoms with Gasteiger partial charge < -0.3 is 42.9 Å². The SMILES string of the molecule is CC(N)C(=O)NC(CCC(=O)NC(CCCCN)C(=O)NC(C)C(=O)NC(C)C(=O)O)C(=O)O. The van der Waals surface area contributed by atoms with Gasteiger partial charge in [-0.1, -0.05) is 0 Å². The summed E-state index contributed by atoms with van der Waals surface area (Å²) in [6, 6.07) is -5.53. The molecule has 5 unspecified atom stereocenters. The molecule has 14 nitrogen and oxygen atoms in total. The third kappa shape index (κ3) is 12.1. The van der Waals surface area contributed by atoms with Crippen molar-refractivity contribution in [3.05, 3.63) is 0 Å². The summed E-state index contributed by atoms with van der Waals surface area (Å²) in [6.07, 6.45) is 0.744. The Labute approximate surface area is 197 Å². The molecule has 0 bridgehead atoms. The van der Waals surface area contributed by atoms with Crippen molar-refractivity contribution in [2.24, 2.45) is 11.5 Å². The van der Waals surface area contributed by atoms with E-state index in [2.05, 4.69) is 21.3 Å². The molecule has 0 aromatic rings. The van der Waals surface area contributed by atoms with E-state index in [0.717, 1.165) is 0 Å². The number of unbranched alkanes of at least 4 members (excludes halogenated alkanes) is 1. The van der Waals surface area contributed by atoms with Gasteiger partial charge in [0.1, 0.15) is 24.2 Å². The first-order valence-corrected chi connectivity index (χ1v) is 10.9. The Kier molecular flexibility index (Phi) is 14.1. The van der Waals surface area contributed by atoms with Gasteiger partial charge in [0.05, 0.1) is 6.04 Å². The molecule has 0 aliphatic rings. The Bertz CT molecular complexity index is 745. The molecule has 0 aromatic carbocycles. The number of carbonyl (C=O) groups excluding carboxylic acids is 4. The topological polar surface area (TPSA) is 243 Å². The molecule has 0 fully saturated rings. The van der Waals surface area contributed by atoms with Crippen molar-refractivity contribution in [2.75, 3.05) is 6.54 Å². The summed E-state index contributed by atoms with van der Waals surface area (Å²) >= 11 is 0. The fourth-order valence-electron chi connectivity index (χ4n) is 2.64. The fourth-order valence-corrected chi connectivity index (χ4v) is 2.64. The average molecular weight is 489 g/mol. The van der Waals surface area contributed by atoms with Crippen LogP contribution in [0.4, 0.5) is 0 Å². The van der Waals surface area contributed by atoms with Crippen LogP contribution >= 0.6 is 0 Å². The molecule has 14 heteroatoms. The van der Waals surface area contributed by atoms with Gasteiger partial charge in [0.15, 0.2) is 0 Å². The molecule has 0 aromatic heterocycles. The molecule has 5 atom stereocenters. The molecule has 194 valence electrons. The lowest BCUT2D eigenvalue weighted by Gasteiger charge is -2.22. The van der Waals surface area contributed by atoms with Crippen LogP contribution in [0.2, 0.25) is 0 Å². The highest BCUT2D eigenvalue weighted by Gasteiger charge is 2.27. The van der Waals surface area contributed by atoms with Crippen LogP contribution < -0.4 is 32.7 Å². The maximum absolute atomic E-state index is 12.7. The first-order chi connectivity index (χ1) is 15.8. The molecule has 0 radical (unpaired) electrons. The van der Waals surface area contributed by atoms with Crippen LogP contribution in [0, 0.1) is 0 Å². The van der Waals surface area contributed by atoms with Gasteiger partial charge in [0.2, 0.25) is 23.6 Å². The lowest BCUT2D eigenvalue weighted by atomic mass is 10.1. The molecule has 0 rings (SSSR count). The van der Waals surface area contributed by atoms with E-state index in [1.54, 1.807) is 0 Å². The average Bonchev–Trinajstić information content (AvgIpc) is 2.74. The first-order valence-electron chi connectivity index (χ1n) is 10.9. The van der Waals surface area contributed by atoms with Crippen molar-refractivity contribution in [3.8, 4) is 0 Å². The number of carboxylic acid groups (broad SMARTS) is 2. The second-order valence-corrected chi connectivity index (χ2v) is 7.93. The lowest BCUT2D eigenvalue weighted by molar-refractivity contribution is -0.142. The Morgan fingerprint density at radius 2 is 1.29 bits per heavy atom. The van der Waals surface area contributed by atoms with E-state index in [-0.39, 0.29) is 19.3 Å². The van der Waals surface area contributed by atoms with Crippen LogP contribution in [0.5, 0.6) is 0 Å². The van der Waals surface area contributed by atoms with Gasteiger partial charge in [0, 0.05) is 6.42 Å². The molecular formula is C20H36N6O8. The first kappa shape index (κ1) is 30.7. The van der Waals surface area contributed by atoms with Crippen LogP contribution in [0.15, 0.2) is 0 Å². The summed E-state index contributed by atoms with van der Waals surface area (Å²) in [5.41, 5.74) is 10.9. The highest BCUT2D eigenvalue weighted by atomic mass is 16.4. The van der Waals surface area contributed by atoms with E-state index in [4.69, 9.17) is 16.6 Å². The van der Waals surface area contributed by atoms with Gasteiger partial charge >= 0.3 is 11.9 Å². The number of carbonyl (C=O) groups is 6. The molecule has 4 amide bonds. The van der Waals surface area contributed by atoms with Crippen molar-refractivity contribution < 1.29 is 39.0 Å². The van der Waals surface area contributed by atoms with Gasteiger partial charge in [-0.05, 0) is 53.0 Å². The number of nitrogens with two attached hydrogens (primary N) is 2. The summed E-state index contributed by atoms with van der Waals surface area (Å²) in [5.74, 6) is -5.28. The maximum atomic E-state index is 12.7. The predicted octanol–water partition coefficient (Wildman–Crippen LogP) is -2.61. The smallest absolute Gasteiger partial charge is 0.326 e. The molecule has 0 saturated carbocycles. The summed E-state index contributed by atoms with van der Waals surface area (Å²) < 4.78 is 0. The maximum Gasteiger partial charge on any atom is 0.326 e. The second kappa shape index (κ2) is 15.6. The number of aliphatic carboxylic acids is 2. The van der Waals surface area contributed by atoms with E-state index in [0.29, 0.717) is 19.4 Å². The standard InChI is InChI=1S/C20H36N6O8/c1-10(22)16(28)26-14(20(33)34)7-8-15(27)25-13(6-4-5-9-21)18(30)23-11(2)17(29)24-12(3)19(31)32/h10-14H,4-9,21-22H2,1-3H3,(H,23,30)(H,24,29)(H,25,27)(H,26,28)(H,31,32)(H,33,34). The zero-order valence-corrected chi connectivity index (χ0v) is 19.6. The van der Waals surface area contributed by atoms with Gasteiger partial charge in [-0.2, -0.15) is 0 Å². The molecule has 0 saturated heterocycles. The number of hydrogen-bond acceptors (Lipinski definition) is 8. The van der Waals surface area contributed by atoms with Crippen LogP contribution in [0.25, 0.3) is 0 Å². The molecule has 0 heterocycles. The van der Waals surface area contributed by atoms with E-state index in [1.165, 1.54) is 20.8 Å². The molecule has 0 spiro atoms. The largest absolute Gasteiger partial charge is 0.480 e.